The van der Waals surface area contributed by atoms with Crippen LogP contribution in [-0.4, -0.2) is 55.7 Å². The van der Waals surface area contributed by atoms with E-state index in [2.05, 4.69) is 0 Å². The van der Waals surface area contributed by atoms with Crippen molar-refractivity contribution in [2.75, 3.05) is 34.0 Å². The van der Waals surface area contributed by atoms with E-state index in [4.69, 9.17) is 14.2 Å². The van der Waals surface area contributed by atoms with Gasteiger partial charge in [0, 0.05) is 19.2 Å². The minimum absolute atomic E-state index is 0.0611. The molecule has 1 atom stereocenters. The molecule has 2 aromatic rings. The number of Topliss-reactive ketones (excluding diaryl/α,β-unsaturated/α-hetero) is 1. The minimum Gasteiger partial charge on any atom is -0.507 e. The predicted octanol–water partition coefficient (Wildman–Crippen LogP) is 3.09. The first-order valence-corrected chi connectivity index (χ1v) is 10.2. The maximum atomic E-state index is 13.0. The van der Waals surface area contributed by atoms with Crippen LogP contribution in [0.3, 0.4) is 0 Å². The smallest absolute Gasteiger partial charge is 0.295 e. The number of ketones is 1. The van der Waals surface area contributed by atoms with Crippen molar-refractivity contribution in [1.29, 1.82) is 0 Å². The van der Waals surface area contributed by atoms with Gasteiger partial charge in [0.25, 0.3) is 11.7 Å². The number of hydrogen-bond acceptors (Lipinski definition) is 6. The number of methoxy groups -OCH3 is 2. The second kappa shape index (κ2) is 8.81. The van der Waals surface area contributed by atoms with Crippen molar-refractivity contribution in [2.45, 2.75) is 18.9 Å². The van der Waals surface area contributed by atoms with E-state index in [1.807, 2.05) is 12.1 Å². The Bertz CT molecular complexity index is 1040. The van der Waals surface area contributed by atoms with Crippen molar-refractivity contribution in [3.05, 3.63) is 64.7 Å². The van der Waals surface area contributed by atoms with Crippen molar-refractivity contribution < 1.29 is 28.9 Å². The first-order valence-electron chi connectivity index (χ1n) is 10.2. The predicted molar refractivity (Wildman–Crippen MR) is 114 cm³/mol. The lowest BCUT2D eigenvalue weighted by molar-refractivity contribution is -0.140. The van der Waals surface area contributed by atoms with E-state index in [1.54, 1.807) is 37.4 Å². The molecule has 7 nitrogen and oxygen atoms in total. The number of rotatable bonds is 6. The van der Waals surface area contributed by atoms with Gasteiger partial charge in [0.05, 0.1) is 31.9 Å². The molecule has 0 radical (unpaired) electrons. The molecule has 0 bridgehead atoms. The van der Waals surface area contributed by atoms with Gasteiger partial charge in [-0.2, -0.15) is 0 Å². The van der Waals surface area contributed by atoms with Crippen molar-refractivity contribution in [1.82, 2.24) is 4.90 Å². The fourth-order valence-electron chi connectivity index (χ4n) is 4.12. The van der Waals surface area contributed by atoms with Crippen LogP contribution in [0.5, 0.6) is 11.5 Å². The second-order valence-electron chi connectivity index (χ2n) is 7.54. The van der Waals surface area contributed by atoms with Gasteiger partial charge in [-0.05, 0) is 54.3 Å². The molecule has 1 saturated heterocycles. The highest BCUT2D eigenvalue weighted by atomic mass is 16.5. The molecule has 162 valence electrons. The number of carbonyl (C=O) groups is 2. The number of aliphatic hydroxyl groups excluding tert-OH is 1. The van der Waals surface area contributed by atoms with Gasteiger partial charge in [-0.15, -0.1) is 0 Å². The highest BCUT2D eigenvalue weighted by molar-refractivity contribution is 6.46. The normalized spacial score (nSPS) is 19.8. The van der Waals surface area contributed by atoms with Crippen molar-refractivity contribution >= 4 is 17.4 Å². The highest BCUT2D eigenvalue weighted by Crippen LogP contribution is 2.40. The Labute approximate surface area is 180 Å². The van der Waals surface area contributed by atoms with Gasteiger partial charge in [0.2, 0.25) is 0 Å². The van der Waals surface area contributed by atoms with Crippen molar-refractivity contribution in [2.24, 2.45) is 0 Å². The van der Waals surface area contributed by atoms with Crippen molar-refractivity contribution in [3.63, 3.8) is 0 Å². The molecule has 1 fully saturated rings. The van der Waals surface area contributed by atoms with Crippen LogP contribution in [0.25, 0.3) is 5.76 Å². The van der Waals surface area contributed by atoms with E-state index in [1.165, 1.54) is 12.0 Å². The maximum absolute atomic E-state index is 13.0. The number of benzene rings is 2. The van der Waals surface area contributed by atoms with Gasteiger partial charge >= 0.3 is 0 Å². The maximum Gasteiger partial charge on any atom is 0.295 e. The molecule has 0 aliphatic carbocycles. The molecule has 7 heteroatoms. The molecule has 1 amide bonds. The van der Waals surface area contributed by atoms with E-state index in [0.717, 1.165) is 24.2 Å². The van der Waals surface area contributed by atoms with E-state index < -0.39 is 17.7 Å². The topological polar surface area (TPSA) is 85.3 Å². The molecule has 0 spiro atoms. The number of hydrogen-bond donors (Lipinski definition) is 1. The molecular formula is C24H25NO6. The van der Waals surface area contributed by atoms with Crippen LogP contribution < -0.4 is 9.47 Å². The molecule has 2 aliphatic rings. The fourth-order valence-corrected chi connectivity index (χ4v) is 4.12. The standard InChI is InChI=1S/C24H25NO6/c1-29-12-10-25-21(16-5-3-7-18(14-16)30-2)20(23(27)24(25)28)22(26)17-8-9-19-15(13-17)6-4-11-31-19/h3,5,7-9,13-14,21,26H,4,6,10-12H2,1-2H3/b22-20-. The molecule has 4 rings (SSSR count). The molecule has 31 heavy (non-hydrogen) atoms. The third kappa shape index (κ3) is 3.88. The summed E-state index contributed by atoms with van der Waals surface area (Å²) in [6.07, 6.45) is 1.72. The molecule has 1 unspecified atom stereocenters. The van der Waals surface area contributed by atoms with Gasteiger partial charge < -0.3 is 24.2 Å². The van der Waals surface area contributed by atoms with Crippen LogP contribution in [0.1, 0.15) is 29.2 Å². The van der Waals surface area contributed by atoms with Crippen LogP contribution in [0.2, 0.25) is 0 Å². The summed E-state index contributed by atoms with van der Waals surface area (Å²) in [4.78, 5) is 27.3. The zero-order chi connectivity index (χ0) is 22.0. The summed E-state index contributed by atoms with van der Waals surface area (Å²) in [7, 11) is 3.09. The molecule has 0 aromatic heterocycles. The molecule has 2 heterocycles. The number of ether oxygens (including phenoxy) is 3. The molecular weight excluding hydrogens is 398 g/mol. The van der Waals surface area contributed by atoms with Gasteiger partial charge in [0.1, 0.15) is 17.3 Å². The number of likely N-dealkylation sites (tertiary alicyclic amines) is 1. The van der Waals surface area contributed by atoms with E-state index >= 15 is 0 Å². The van der Waals surface area contributed by atoms with Gasteiger partial charge in [-0.1, -0.05) is 12.1 Å². The van der Waals surface area contributed by atoms with Crippen LogP contribution in [-0.2, 0) is 20.7 Å². The summed E-state index contributed by atoms with van der Waals surface area (Å²) in [5.74, 6) is -0.184. The lowest BCUT2D eigenvalue weighted by atomic mass is 9.94. The number of fused-ring (bicyclic) bond motifs is 1. The summed E-state index contributed by atoms with van der Waals surface area (Å²) in [5.41, 5.74) is 2.20. The van der Waals surface area contributed by atoms with Crippen LogP contribution in [0.15, 0.2) is 48.0 Å². The second-order valence-corrected chi connectivity index (χ2v) is 7.54. The molecule has 2 aliphatic heterocycles. The third-order valence-electron chi connectivity index (χ3n) is 5.67. The van der Waals surface area contributed by atoms with Crippen LogP contribution >= 0.6 is 0 Å². The SMILES string of the molecule is COCCN1C(=O)C(=O)/C(=C(\O)c2ccc3c(c2)CCCO3)C1c1cccc(OC)c1. The number of nitrogens with zero attached hydrogens (tertiary/aromatic N) is 1. The Kier molecular flexibility index (Phi) is 5.95. The summed E-state index contributed by atoms with van der Waals surface area (Å²) in [5, 5.41) is 11.2. The number of aliphatic hydroxyl groups is 1. The molecule has 0 saturated carbocycles. The zero-order valence-electron chi connectivity index (χ0n) is 17.6. The van der Waals surface area contributed by atoms with Gasteiger partial charge in [-0.3, -0.25) is 9.59 Å². The van der Waals surface area contributed by atoms with Crippen LogP contribution in [0, 0.1) is 0 Å². The summed E-state index contributed by atoms with van der Waals surface area (Å²) in [6.45, 7) is 1.15. The Morgan fingerprint density at radius 1 is 1.19 bits per heavy atom. The zero-order valence-corrected chi connectivity index (χ0v) is 17.6. The summed E-state index contributed by atoms with van der Waals surface area (Å²) >= 11 is 0. The highest BCUT2D eigenvalue weighted by Gasteiger charge is 2.46. The van der Waals surface area contributed by atoms with Gasteiger partial charge in [0.15, 0.2) is 0 Å². The first kappa shape index (κ1) is 20.9. The molecule has 2 aromatic carbocycles. The molecule has 1 N–H and O–H groups in total. The summed E-state index contributed by atoms with van der Waals surface area (Å²) < 4.78 is 16.1. The summed E-state index contributed by atoms with van der Waals surface area (Å²) in [6, 6.07) is 11.8. The average Bonchev–Trinajstić information content (AvgIpc) is 3.06. The number of carbonyl (C=O) groups excluding carboxylic acids is 2. The number of amides is 1. The monoisotopic (exact) mass is 423 g/mol. The first-order chi connectivity index (χ1) is 15.0. The van der Waals surface area contributed by atoms with Gasteiger partial charge in [-0.25, -0.2) is 0 Å². The lowest BCUT2D eigenvalue weighted by Crippen LogP contribution is -2.32. The fraction of sp³-hybridized carbons (Fsp3) is 0.333. The van der Waals surface area contributed by atoms with Crippen molar-refractivity contribution in [3.8, 4) is 11.5 Å². The lowest BCUT2D eigenvalue weighted by Gasteiger charge is -2.25. The Balaban J connectivity index is 1.84. The Morgan fingerprint density at radius 3 is 2.81 bits per heavy atom. The Hall–Kier alpha value is -3.32. The Morgan fingerprint density at radius 2 is 2.03 bits per heavy atom. The van der Waals surface area contributed by atoms with E-state index in [-0.39, 0.29) is 24.5 Å². The van der Waals surface area contributed by atoms with E-state index in [0.29, 0.717) is 23.5 Å². The largest absolute Gasteiger partial charge is 0.507 e. The quantitative estimate of drug-likeness (QED) is 0.437. The third-order valence-corrected chi connectivity index (χ3v) is 5.67. The average molecular weight is 423 g/mol. The number of aryl methyl sites for hydroxylation is 1. The van der Waals surface area contributed by atoms with Crippen LogP contribution in [0.4, 0.5) is 0 Å². The van der Waals surface area contributed by atoms with E-state index in [9.17, 15) is 14.7 Å². The minimum atomic E-state index is -0.738.